The summed E-state index contributed by atoms with van der Waals surface area (Å²) < 4.78 is 5.25. The first kappa shape index (κ1) is 12.5. The zero-order chi connectivity index (χ0) is 13.9. The van der Waals surface area contributed by atoms with E-state index in [1.807, 2.05) is 49.4 Å². The second kappa shape index (κ2) is 5.22. The van der Waals surface area contributed by atoms with Crippen LogP contribution >= 0.6 is 0 Å². The Hall–Kier alpha value is -2.53. The molecule has 0 amide bonds. The summed E-state index contributed by atoms with van der Waals surface area (Å²) in [6.07, 6.45) is 1.72. The molecule has 0 unspecified atom stereocenters. The quantitative estimate of drug-likeness (QED) is 0.788. The highest BCUT2D eigenvalue weighted by atomic mass is 16.5. The monoisotopic (exact) mass is 266 g/mol. The maximum atomic E-state index is 6.12. The molecule has 0 spiro atoms. The molecule has 0 radical (unpaired) electrons. The van der Waals surface area contributed by atoms with Gasteiger partial charge in [0, 0.05) is 6.20 Å². The van der Waals surface area contributed by atoms with Crippen molar-refractivity contribution in [3.05, 3.63) is 65.7 Å². The summed E-state index contributed by atoms with van der Waals surface area (Å²) in [6.45, 7) is 1.99. The van der Waals surface area contributed by atoms with Gasteiger partial charge in [-0.3, -0.25) is 4.98 Å². The fraction of sp³-hybridized carbons (Fsp3) is 0.133. The van der Waals surface area contributed by atoms with Crippen LogP contribution in [0.15, 0.2) is 53.2 Å². The number of aryl methyl sites for hydroxylation is 1. The number of hydrogen-bond donors (Lipinski definition) is 1. The smallest absolute Gasteiger partial charge is 0.248 e. The van der Waals surface area contributed by atoms with E-state index in [9.17, 15) is 0 Å². The minimum atomic E-state index is -0.428. The molecule has 2 heterocycles. The Morgan fingerprint density at radius 3 is 2.70 bits per heavy atom. The molecule has 0 aliphatic rings. The minimum absolute atomic E-state index is 0.384. The summed E-state index contributed by atoms with van der Waals surface area (Å²) in [4.78, 5) is 8.56. The van der Waals surface area contributed by atoms with Gasteiger partial charge in [0.1, 0.15) is 11.7 Å². The predicted molar refractivity (Wildman–Crippen MR) is 74.7 cm³/mol. The van der Waals surface area contributed by atoms with Crippen molar-refractivity contribution >= 4 is 0 Å². The Morgan fingerprint density at radius 2 is 1.95 bits per heavy atom. The average Bonchev–Trinajstić information content (AvgIpc) is 2.97. The molecule has 1 atom stereocenters. The van der Waals surface area contributed by atoms with Gasteiger partial charge in [-0.25, -0.2) is 0 Å². The van der Waals surface area contributed by atoms with Crippen molar-refractivity contribution in [3.8, 4) is 11.5 Å². The van der Waals surface area contributed by atoms with Crippen LogP contribution in [-0.4, -0.2) is 15.1 Å². The number of aromatic nitrogens is 3. The van der Waals surface area contributed by atoms with Gasteiger partial charge < -0.3 is 10.3 Å². The molecule has 1 aromatic carbocycles. The largest absolute Gasteiger partial charge is 0.337 e. The van der Waals surface area contributed by atoms with Crippen molar-refractivity contribution in [1.82, 2.24) is 15.1 Å². The number of nitrogens with two attached hydrogens (primary N) is 1. The van der Waals surface area contributed by atoms with E-state index in [0.717, 1.165) is 11.1 Å². The third-order valence-electron chi connectivity index (χ3n) is 3.01. The molecular formula is C15H14N4O. The van der Waals surface area contributed by atoms with E-state index in [1.165, 1.54) is 0 Å². The molecule has 100 valence electrons. The summed E-state index contributed by atoms with van der Waals surface area (Å²) in [7, 11) is 0. The van der Waals surface area contributed by atoms with E-state index >= 15 is 0 Å². The van der Waals surface area contributed by atoms with Gasteiger partial charge >= 0.3 is 0 Å². The molecule has 2 aromatic heterocycles. The fourth-order valence-corrected chi connectivity index (χ4v) is 1.93. The van der Waals surface area contributed by atoms with Gasteiger partial charge in [-0.2, -0.15) is 4.98 Å². The van der Waals surface area contributed by atoms with E-state index in [1.54, 1.807) is 6.20 Å². The van der Waals surface area contributed by atoms with Crippen LogP contribution in [0, 0.1) is 6.92 Å². The van der Waals surface area contributed by atoms with Crippen LogP contribution in [0.4, 0.5) is 0 Å². The van der Waals surface area contributed by atoms with Crippen LogP contribution in [0.1, 0.15) is 23.1 Å². The summed E-state index contributed by atoms with van der Waals surface area (Å²) >= 11 is 0. The molecule has 0 saturated carbocycles. The highest BCUT2D eigenvalue weighted by Crippen LogP contribution is 2.20. The van der Waals surface area contributed by atoms with E-state index < -0.39 is 6.04 Å². The third-order valence-corrected chi connectivity index (χ3v) is 3.01. The first-order valence-corrected chi connectivity index (χ1v) is 6.31. The lowest BCUT2D eigenvalue weighted by Crippen LogP contribution is -2.12. The Kier molecular flexibility index (Phi) is 3.26. The number of benzene rings is 1. The standard InChI is InChI=1S/C15H14N4O/c1-10-7-8-17-12(9-10)14-18-15(20-19-14)13(16)11-5-3-2-4-6-11/h2-9,13H,16H2,1H3/t13-/m0/s1. The molecular weight excluding hydrogens is 252 g/mol. The summed E-state index contributed by atoms with van der Waals surface area (Å²) in [5.41, 5.74) is 8.82. The Labute approximate surface area is 116 Å². The van der Waals surface area contributed by atoms with Crippen molar-refractivity contribution in [2.75, 3.05) is 0 Å². The summed E-state index contributed by atoms with van der Waals surface area (Å²) in [5, 5.41) is 3.95. The molecule has 5 nitrogen and oxygen atoms in total. The van der Waals surface area contributed by atoms with Gasteiger partial charge in [0.15, 0.2) is 0 Å². The number of pyridine rings is 1. The van der Waals surface area contributed by atoms with Crippen molar-refractivity contribution in [2.24, 2.45) is 5.73 Å². The molecule has 0 saturated heterocycles. The van der Waals surface area contributed by atoms with Gasteiger partial charge in [-0.1, -0.05) is 35.5 Å². The highest BCUT2D eigenvalue weighted by molar-refractivity contribution is 5.49. The minimum Gasteiger partial charge on any atom is -0.337 e. The van der Waals surface area contributed by atoms with Gasteiger partial charge in [0.2, 0.25) is 11.7 Å². The molecule has 2 N–H and O–H groups in total. The van der Waals surface area contributed by atoms with Crippen LogP contribution in [0.2, 0.25) is 0 Å². The average molecular weight is 266 g/mol. The lowest BCUT2D eigenvalue weighted by atomic mass is 10.1. The van der Waals surface area contributed by atoms with Gasteiger partial charge in [0.25, 0.3) is 0 Å². The normalized spacial score (nSPS) is 12.3. The van der Waals surface area contributed by atoms with Gasteiger partial charge in [0.05, 0.1) is 0 Å². The molecule has 5 heteroatoms. The Morgan fingerprint density at radius 1 is 1.15 bits per heavy atom. The van der Waals surface area contributed by atoms with E-state index in [4.69, 9.17) is 10.3 Å². The zero-order valence-corrected chi connectivity index (χ0v) is 11.0. The zero-order valence-electron chi connectivity index (χ0n) is 11.0. The first-order valence-electron chi connectivity index (χ1n) is 6.31. The predicted octanol–water partition coefficient (Wildman–Crippen LogP) is 2.49. The Balaban J connectivity index is 1.91. The number of nitrogens with zero attached hydrogens (tertiary/aromatic N) is 3. The van der Waals surface area contributed by atoms with Crippen molar-refractivity contribution in [2.45, 2.75) is 13.0 Å². The van der Waals surface area contributed by atoms with Crippen molar-refractivity contribution in [1.29, 1.82) is 0 Å². The molecule has 0 aliphatic heterocycles. The highest BCUT2D eigenvalue weighted by Gasteiger charge is 2.17. The lowest BCUT2D eigenvalue weighted by Gasteiger charge is -2.05. The van der Waals surface area contributed by atoms with Crippen LogP contribution in [0.25, 0.3) is 11.5 Å². The topological polar surface area (TPSA) is 77.8 Å². The van der Waals surface area contributed by atoms with Crippen molar-refractivity contribution < 1.29 is 4.52 Å². The maximum absolute atomic E-state index is 6.12. The van der Waals surface area contributed by atoms with Crippen LogP contribution in [0.5, 0.6) is 0 Å². The molecule has 0 bridgehead atoms. The first-order chi connectivity index (χ1) is 9.74. The summed E-state index contributed by atoms with van der Waals surface area (Å²) in [6, 6.07) is 13.0. The number of hydrogen-bond acceptors (Lipinski definition) is 5. The van der Waals surface area contributed by atoms with Crippen LogP contribution in [0.3, 0.4) is 0 Å². The lowest BCUT2D eigenvalue weighted by molar-refractivity contribution is 0.367. The molecule has 3 aromatic rings. The molecule has 0 fully saturated rings. The van der Waals surface area contributed by atoms with Crippen molar-refractivity contribution in [3.63, 3.8) is 0 Å². The van der Waals surface area contributed by atoms with Crippen LogP contribution in [-0.2, 0) is 0 Å². The second-order valence-electron chi connectivity index (χ2n) is 4.56. The van der Waals surface area contributed by atoms with E-state index in [-0.39, 0.29) is 0 Å². The van der Waals surface area contributed by atoms with Crippen LogP contribution < -0.4 is 5.73 Å². The molecule has 0 aliphatic carbocycles. The SMILES string of the molecule is Cc1ccnc(-c2noc([C@@H](N)c3ccccc3)n2)c1. The van der Waals surface area contributed by atoms with E-state index in [0.29, 0.717) is 17.4 Å². The molecule has 20 heavy (non-hydrogen) atoms. The number of rotatable bonds is 3. The van der Waals surface area contributed by atoms with Gasteiger partial charge in [-0.05, 0) is 30.2 Å². The van der Waals surface area contributed by atoms with Gasteiger partial charge in [-0.15, -0.1) is 0 Å². The maximum Gasteiger partial charge on any atom is 0.248 e. The van der Waals surface area contributed by atoms with E-state index in [2.05, 4.69) is 15.1 Å². The molecule has 3 rings (SSSR count). The fourth-order valence-electron chi connectivity index (χ4n) is 1.93. The second-order valence-corrected chi connectivity index (χ2v) is 4.56. The Bertz CT molecular complexity index is 709. The third kappa shape index (κ3) is 2.44. The summed E-state index contributed by atoms with van der Waals surface area (Å²) in [5.74, 6) is 0.838.